The van der Waals surface area contributed by atoms with Gasteiger partial charge < -0.3 is 15.2 Å². The Kier molecular flexibility index (Phi) is 4.15. The third-order valence-corrected chi connectivity index (χ3v) is 2.54. The molecule has 1 aliphatic rings. The fraction of sp³-hybridized carbons (Fsp3) is 0.214. The molecule has 4 heteroatoms. The van der Waals surface area contributed by atoms with Crippen LogP contribution in [0.3, 0.4) is 0 Å². The molecule has 1 heterocycles. The minimum atomic E-state index is -0.186. The number of carbonyl (C=O) groups excluding carboxylic acids is 1. The second-order valence-corrected chi connectivity index (χ2v) is 4.00. The van der Waals surface area contributed by atoms with Crippen LogP contribution in [0.4, 0.5) is 0 Å². The number of benzene rings is 1. The van der Waals surface area contributed by atoms with Crippen LogP contribution in [0.25, 0.3) is 0 Å². The van der Waals surface area contributed by atoms with Crippen molar-refractivity contribution in [1.82, 2.24) is 5.32 Å². The van der Waals surface area contributed by atoms with E-state index in [0.29, 0.717) is 18.1 Å². The monoisotopic (exact) mass is 245 g/mol. The lowest BCUT2D eigenvalue weighted by Gasteiger charge is -2.08. The molecule has 0 aliphatic carbocycles. The summed E-state index contributed by atoms with van der Waals surface area (Å²) in [4.78, 5) is 11.5. The van der Waals surface area contributed by atoms with Gasteiger partial charge in [-0.2, -0.15) is 0 Å². The highest BCUT2D eigenvalue weighted by atomic mass is 16.5. The Hall–Kier alpha value is -2.07. The smallest absolute Gasteiger partial charge is 0.165 e. The zero-order valence-corrected chi connectivity index (χ0v) is 9.93. The van der Waals surface area contributed by atoms with Crippen molar-refractivity contribution in [2.45, 2.75) is 13.0 Å². The van der Waals surface area contributed by atoms with Gasteiger partial charge in [0.05, 0.1) is 13.0 Å². The van der Waals surface area contributed by atoms with E-state index in [1.165, 1.54) is 6.08 Å². The van der Waals surface area contributed by atoms with Gasteiger partial charge in [-0.05, 0) is 5.56 Å². The van der Waals surface area contributed by atoms with Gasteiger partial charge in [0.2, 0.25) is 0 Å². The van der Waals surface area contributed by atoms with Gasteiger partial charge in [0.1, 0.15) is 12.4 Å². The lowest BCUT2D eigenvalue weighted by atomic mass is 10.2. The van der Waals surface area contributed by atoms with E-state index >= 15 is 0 Å². The number of ether oxygens (including phenoxy) is 1. The molecular weight excluding hydrogens is 230 g/mol. The van der Waals surface area contributed by atoms with E-state index < -0.39 is 0 Å². The predicted octanol–water partition coefficient (Wildman–Crippen LogP) is 1.48. The molecule has 0 saturated carbocycles. The Balaban J connectivity index is 1.95. The van der Waals surface area contributed by atoms with Crippen LogP contribution in [0.1, 0.15) is 12.0 Å². The Bertz CT molecular complexity index is 477. The highest BCUT2D eigenvalue weighted by Gasteiger charge is 2.11. The van der Waals surface area contributed by atoms with Crippen LogP contribution < -0.4 is 5.32 Å². The van der Waals surface area contributed by atoms with Gasteiger partial charge in [-0.1, -0.05) is 30.3 Å². The van der Waals surface area contributed by atoms with Crippen molar-refractivity contribution in [2.75, 3.05) is 6.61 Å². The number of allylic oxidation sites excluding steroid dienone is 2. The van der Waals surface area contributed by atoms with Crippen molar-refractivity contribution in [2.24, 2.45) is 0 Å². The zero-order chi connectivity index (χ0) is 12.8. The first-order valence-corrected chi connectivity index (χ1v) is 5.74. The van der Waals surface area contributed by atoms with Crippen LogP contribution in [0.2, 0.25) is 0 Å². The maximum absolute atomic E-state index is 11.5. The summed E-state index contributed by atoms with van der Waals surface area (Å²) in [6.45, 7) is 0.240. The lowest BCUT2D eigenvalue weighted by Crippen LogP contribution is -2.09. The number of aliphatic hydroxyl groups is 1. The molecule has 94 valence electrons. The average Bonchev–Trinajstić information content (AvgIpc) is 2.59. The van der Waals surface area contributed by atoms with Crippen LogP contribution in [0.5, 0.6) is 0 Å². The van der Waals surface area contributed by atoms with E-state index in [0.717, 1.165) is 5.56 Å². The molecule has 2 rings (SSSR count). The van der Waals surface area contributed by atoms with Gasteiger partial charge in [0, 0.05) is 18.0 Å². The summed E-state index contributed by atoms with van der Waals surface area (Å²) >= 11 is 0. The second kappa shape index (κ2) is 6.02. The predicted molar refractivity (Wildman–Crippen MR) is 67.2 cm³/mol. The number of carbonyl (C=O) groups is 1. The lowest BCUT2D eigenvalue weighted by molar-refractivity contribution is -0.114. The summed E-state index contributed by atoms with van der Waals surface area (Å²) in [6.07, 6.45) is 3.23. The van der Waals surface area contributed by atoms with E-state index in [4.69, 9.17) is 9.84 Å². The van der Waals surface area contributed by atoms with E-state index in [1.807, 2.05) is 30.3 Å². The number of ketones is 1. The molecule has 0 bridgehead atoms. The summed E-state index contributed by atoms with van der Waals surface area (Å²) in [6, 6.07) is 9.74. The number of nitrogens with one attached hydrogen (secondary N) is 1. The molecule has 0 radical (unpaired) electrons. The number of hydrogen-bond acceptors (Lipinski definition) is 4. The van der Waals surface area contributed by atoms with E-state index in [2.05, 4.69) is 5.32 Å². The van der Waals surface area contributed by atoms with Gasteiger partial charge in [0.25, 0.3) is 0 Å². The standard InChI is InChI=1S/C14H15NO3/c16-9-12-6-13(17)7-14(8-15-12)18-10-11-4-2-1-3-5-11/h1-6,8,15-16H,7,9-10H2. The molecule has 4 nitrogen and oxygen atoms in total. The van der Waals surface area contributed by atoms with Gasteiger partial charge in [-0.25, -0.2) is 0 Å². The Morgan fingerprint density at radius 1 is 1.28 bits per heavy atom. The van der Waals surface area contributed by atoms with Crippen LogP contribution >= 0.6 is 0 Å². The molecule has 0 saturated heterocycles. The van der Waals surface area contributed by atoms with Crippen LogP contribution in [0.15, 0.2) is 54.1 Å². The molecule has 0 fully saturated rings. The summed E-state index contributed by atoms with van der Waals surface area (Å²) < 4.78 is 5.58. The van der Waals surface area contributed by atoms with E-state index in [9.17, 15) is 4.79 Å². The first-order valence-electron chi connectivity index (χ1n) is 5.74. The molecule has 0 amide bonds. The summed E-state index contributed by atoms with van der Waals surface area (Å²) in [5.41, 5.74) is 1.53. The molecule has 0 unspecified atom stereocenters. The maximum atomic E-state index is 11.5. The van der Waals surface area contributed by atoms with Crippen LogP contribution in [-0.4, -0.2) is 17.5 Å². The van der Waals surface area contributed by atoms with Crippen molar-refractivity contribution in [3.63, 3.8) is 0 Å². The highest BCUT2D eigenvalue weighted by Crippen LogP contribution is 2.12. The van der Waals surface area contributed by atoms with E-state index in [1.54, 1.807) is 6.20 Å². The van der Waals surface area contributed by atoms with Gasteiger partial charge in [-0.3, -0.25) is 4.79 Å². The largest absolute Gasteiger partial charge is 0.491 e. The van der Waals surface area contributed by atoms with Crippen molar-refractivity contribution < 1.29 is 14.6 Å². The van der Waals surface area contributed by atoms with Gasteiger partial charge in [0.15, 0.2) is 5.78 Å². The summed E-state index contributed by atoms with van der Waals surface area (Å²) in [5.74, 6) is 0.493. The molecule has 18 heavy (non-hydrogen) atoms. The maximum Gasteiger partial charge on any atom is 0.165 e. The third kappa shape index (κ3) is 3.46. The highest BCUT2D eigenvalue weighted by molar-refractivity contribution is 5.92. The Morgan fingerprint density at radius 3 is 2.78 bits per heavy atom. The Morgan fingerprint density at radius 2 is 2.06 bits per heavy atom. The molecular formula is C14H15NO3. The summed E-state index contributed by atoms with van der Waals surface area (Å²) in [5, 5.41) is 11.8. The quantitative estimate of drug-likeness (QED) is 0.843. The fourth-order valence-electron chi connectivity index (χ4n) is 1.62. The minimum absolute atomic E-state index is 0.0802. The van der Waals surface area contributed by atoms with Crippen LogP contribution in [0, 0.1) is 0 Å². The Labute approximate surface area is 106 Å². The van der Waals surface area contributed by atoms with Crippen LogP contribution in [-0.2, 0) is 16.1 Å². The number of hydrogen-bond donors (Lipinski definition) is 2. The van der Waals surface area contributed by atoms with Crippen molar-refractivity contribution >= 4 is 5.78 Å². The molecule has 1 aromatic rings. The number of aliphatic hydroxyl groups excluding tert-OH is 1. The molecule has 0 spiro atoms. The zero-order valence-electron chi connectivity index (χ0n) is 9.93. The molecule has 2 N–H and O–H groups in total. The molecule has 0 atom stereocenters. The van der Waals surface area contributed by atoms with Crippen molar-refractivity contribution in [3.8, 4) is 0 Å². The number of rotatable bonds is 4. The first kappa shape index (κ1) is 12.4. The van der Waals surface area contributed by atoms with Crippen molar-refractivity contribution in [1.29, 1.82) is 0 Å². The normalized spacial score (nSPS) is 15.3. The molecule has 1 aromatic carbocycles. The summed E-state index contributed by atoms with van der Waals surface area (Å²) in [7, 11) is 0. The van der Waals surface area contributed by atoms with Crippen molar-refractivity contribution in [3.05, 3.63) is 59.6 Å². The minimum Gasteiger partial charge on any atom is -0.491 e. The molecule has 1 aliphatic heterocycles. The second-order valence-electron chi connectivity index (χ2n) is 4.00. The topological polar surface area (TPSA) is 58.6 Å². The van der Waals surface area contributed by atoms with Gasteiger partial charge >= 0.3 is 0 Å². The van der Waals surface area contributed by atoms with Gasteiger partial charge in [-0.15, -0.1) is 0 Å². The first-order chi connectivity index (χ1) is 8.78. The SMILES string of the molecule is O=C1C=C(CO)NC=C(OCc2ccccc2)C1. The third-order valence-electron chi connectivity index (χ3n) is 2.54. The van der Waals surface area contributed by atoms with E-state index in [-0.39, 0.29) is 18.8 Å². The average molecular weight is 245 g/mol. The fourth-order valence-corrected chi connectivity index (χ4v) is 1.62. The molecule has 0 aromatic heterocycles.